The number of rotatable bonds is 5. The first-order valence-electron chi connectivity index (χ1n) is 18.5. The van der Waals surface area contributed by atoms with Gasteiger partial charge in [-0.2, -0.15) is 0 Å². The molecule has 0 unspecified atom stereocenters. The van der Waals surface area contributed by atoms with Crippen LogP contribution >= 0.6 is 0 Å². The molecule has 0 N–H and O–H groups in total. The molecule has 0 amide bonds. The van der Waals surface area contributed by atoms with Crippen molar-refractivity contribution in [2.75, 3.05) is 0 Å². The number of para-hydroxylation sites is 4. The predicted octanol–water partition coefficient (Wildman–Crippen LogP) is 13.4. The van der Waals surface area contributed by atoms with Crippen molar-refractivity contribution in [3.8, 4) is 44.8 Å². The average molecular weight is 688 g/mol. The third-order valence-corrected chi connectivity index (χ3v) is 11.0. The first-order valence-corrected chi connectivity index (χ1v) is 18.5. The number of fused-ring (bicyclic) bond motifs is 7. The van der Waals surface area contributed by atoms with Gasteiger partial charge in [-0.1, -0.05) is 127 Å². The number of hydrogen-bond acceptors (Lipinski definition) is 1. The normalized spacial score (nSPS) is 11.7. The van der Waals surface area contributed by atoms with E-state index < -0.39 is 0 Å². The molecule has 0 bridgehead atoms. The smallest absolute Gasteiger partial charge is 0.0708 e. The van der Waals surface area contributed by atoms with Crippen LogP contribution in [0.1, 0.15) is 0 Å². The Morgan fingerprint density at radius 2 is 0.926 bits per heavy atom. The van der Waals surface area contributed by atoms with E-state index in [2.05, 4.69) is 202 Å². The van der Waals surface area contributed by atoms with Gasteiger partial charge in [-0.05, 0) is 100 Å². The second-order valence-electron chi connectivity index (χ2n) is 14.0. The van der Waals surface area contributed by atoms with Gasteiger partial charge in [0.15, 0.2) is 0 Å². The lowest BCUT2D eigenvalue weighted by Crippen LogP contribution is -1.95. The van der Waals surface area contributed by atoms with Gasteiger partial charge >= 0.3 is 0 Å². The monoisotopic (exact) mass is 687 g/mol. The quantitative estimate of drug-likeness (QED) is 0.177. The Bertz CT molecular complexity index is 3200. The summed E-state index contributed by atoms with van der Waals surface area (Å²) in [5.74, 6) is 0. The maximum absolute atomic E-state index is 4.56. The molecule has 8 aromatic carbocycles. The van der Waals surface area contributed by atoms with Gasteiger partial charge in [0.1, 0.15) is 0 Å². The number of aromatic nitrogens is 3. The largest absolute Gasteiger partial charge is 0.309 e. The van der Waals surface area contributed by atoms with Gasteiger partial charge in [0.05, 0.1) is 27.6 Å². The summed E-state index contributed by atoms with van der Waals surface area (Å²) in [5, 5.41) is 6.17. The number of pyridine rings is 1. The summed E-state index contributed by atoms with van der Waals surface area (Å²) in [7, 11) is 0. The third kappa shape index (κ3) is 4.72. The van der Waals surface area contributed by atoms with E-state index in [-0.39, 0.29) is 0 Å². The van der Waals surface area contributed by atoms with E-state index in [0.717, 1.165) is 16.9 Å². The minimum absolute atomic E-state index is 1.01. The van der Waals surface area contributed by atoms with Crippen molar-refractivity contribution in [2.24, 2.45) is 0 Å². The zero-order valence-corrected chi connectivity index (χ0v) is 29.4. The fraction of sp³-hybridized carbons (Fsp3) is 0. The van der Waals surface area contributed by atoms with E-state index in [1.54, 1.807) is 0 Å². The second-order valence-corrected chi connectivity index (χ2v) is 14.0. The number of nitrogens with zero attached hydrogens (tertiary/aromatic N) is 3. The Kier molecular flexibility index (Phi) is 6.86. The molecule has 0 aliphatic carbocycles. The lowest BCUT2D eigenvalue weighted by atomic mass is 9.97. The first kappa shape index (κ1) is 30.4. The molecule has 0 atom stereocenters. The lowest BCUT2D eigenvalue weighted by molar-refractivity contribution is 1.18. The van der Waals surface area contributed by atoms with Gasteiger partial charge < -0.3 is 9.13 Å². The Labute approximate surface area is 312 Å². The summed E-state index contributed by atoms with van der Waals surface area (Å²) in [6, 6.07) is 70.2. The predicted molar refractivity (Wildman–Crippen MR) is 227 cm³/mol. The zero-order chi connectivity index (χ0) is 35.6. The fourth-order valence-corrected chi connectivity index (χ4v) is 8.55. The van der Waals surface area contributed by atoms with Crippen molar-refractivity contribution in [3.63, 3.8) is 0 Å². The van der Waals surface area contributed by atoms with Gasteiger partial charge in [-0.25, -0.2) is 0 Å². The molecule has 3 heteroatoms. The van der Waals surface area contributed by atoms with E-state index in [9.17, 15) is 0 Å². The van der Waals surface area contributed by atoms with Gasteiger partial charge in [0.25, 0.3) is 0 Å². The SMILES string of the molecule is c1ccc(-n2c3ccccc3c3c(-c4cccc(-n5c6ccccc6c6cc(-c7ccc(-c8ccnc9ccccc89)cc7)ccc65)c4)cccc32)cc1. The number of hydrogen-bond donors (Lipinski definition) is 0. The van der Waals surface area contributed by atoms with Crippen LogP contribution in [0.2, 0.25) is 0 Å². The molecular formula is C51H33N3. The Morgan fingerprint density at radius 3 is 1.78 bits per heavy atom. The zero-order valence-electron chi connectivity index (χ0n) is 29.4. The highest BCUT2D eigenvalue weighted by molar-refractivity contribution is 6.16. The molecule has 3 heterocycles. The molecule has 11 aromatic rings. The van der Waals surface area contributed by atoms with E-state index in [1.807, 2.05) is 12.3 Å². The summed E-state index contributed by atoms with van der Waals surface area (Å²) in [6.07, 6.45) is 1.90. The molecule has 0 fully saturated rings. The van der Waals surface area contributed by atoms with Crippen molar-refractivity contribution < 1.29 is 0 Å². The van der Waals surface area contributed by atoms with Gasteiger partial charge in [-0.15, -0.1) is 0 Å². The van der Waals surface area contributed by atoms with Crippen LogP contribution in [0.3, 0.4) is 0 Å². The van der Waals surface area contributed by atoms with Gasteiger partial charge in [-0.3, -0.25) is 4.98 Å². The molecule has 0 saturated heterocycles. The van der Waals surface area contributed by atoms with E-state index in [1.165, 1.54) is 82.4 Å². The highest BCUT2D eigenvalue weighted by atomic mass is 15.0. The summed E-state index contributed by atoms with van der Waals surface area (Å²) in [4.78, 5) is 4.56. The van der Waals surface area contributed by atoms with Crippen LogP contribution in [-0.4, -0.2) is 14.1 Å². The highest BCUT2D eigenvalue weighted by Crippen LogP contribution is 2.40. The topological polar surface area (TPSA) is 22.8 Å². The standard InChI is InChI=1S/C51H33N3/c1-2-13-38(14-3-1)53-48-22-9-6-18-44(48)51-41(19-11-23-50(51)53)37-12-10-15-39(32-37)54-47-21-8-5-17-43(47)45-33-36(28-29-49(45)54)34-24-26-35(27-25-34)40-30-31-52-46-20-7-4-16-42(40)46/h1-33H. The van der Waals surface area contributed by atoms with Crippen LogP contribution in [0.4, 0.5) is 0 Å². The second kappa shape index (κ2) is 12.2. The van der Waals surface area contributed by atoms with Crippen LogP contribution in [0.15, 0.2) is 200 Å². The molecular weight excluding hydrogens is 655 g/mol. The summed E-state index contributed by atoms with van der Waals surface area (Å²) in [5.41, 5.74) is 15.3. The molecule has 0 aliphatic heterocycles. The molecule has 3 aromatic heterocycles. The van der Waals surface area contributed by atoms with E-state index in [4.69, 9.17) is 0 Å². The Balaban J connectivity index is 1.03. The van der Waals surface area contributed by atoms with Crippen molar-refractivity contribution in [2.45, 2.75) is 0 Å². The summed E-state index contributed by atoms with van der Waals surface area (Å²) in [6.45, 7) is 0. The molecule has 0 spiro atoms. The van der Waals surface area contributed by atoms with E-state index in [0.29, 0.717) is 0 Å². The molecule has 3 nitrogen and oxygen atoms in total. The van der Waals surface area contributed by atoms with Crippen molar-refractivity contribution >= 4 is 54.5 Å². The summed E-state index contributed by atoms with van der Waals surface area (Å²) >= 11 is 0. The fourth-order valence-electron chi connectivity index (χ4n) is 8.55. The van der Waals surface area contributed by atoms with Crippen LogP contribution in [0.5, 0.6) is 0 Å². The van der Waals surface area contributed by atoms with E-state index >= 15 is 0 Å². The molecule has 0 saturated carbocycles. The minimum Gasteiger partial charge on any atom is -0.309 e. The Hall–Kier alpha value is -7.23. The number of benzene rings is 8. The Morgan fingerprint density at radius 1 is 0.315 bits per heavy atom. The van der Waals surface area contributed by atoms with Crippen molar-refractivity contribution in [3.05, 3.63) is 200 Å². The lowest BCUT2D eigenvalue weighted by Gasteiger charge is -2.12. The van der Waals surface area contributed by atoms with Crippen LogP contribution in [-0.2, 0) is 0 Å². The average Bonchev–Trinajstić information content (AvgIpc) is 3.77. The minimum atomic E-state index is 1.01. The molecule has 11 rings (SSSR count). The maximum atomic E-state index is 4.56. The molecule has 54 heavy (non-hydrogen) atoms. The van der Waals surface area contributed by atoms with Crippen LogP contribution in [0, 0.1) is 0 Å². The van der Waals surface area contributed by atoms with Crippen molar-refractivity contribution in [1.82, 2.24) is 14.1 Å². The van der Waals surface area contributed by atoms with Crippen LogP contribution < -0.4 is 0 Å². The molecule has 252 valence electrons. The molecule has 0 aliphatic rings. The van der Waals surface area contributed by atoms with Gasteiger partial charge in [0, 0.05) is 44.5 Å². The first-order chi connectivity index (χ1) is 26.8. The highest BCUT2D eigenvalue weighted by Gasteiger charge is 2.18. The van der Waals surface area contributed by atoms with Crippen molar-refractivity contribution in [1.29, 1.82) is 0 Å². The van der Waals surface area contributed by atoms with Crippen LogP contribution in [0.25, 0.3) is 99.3 Å². The van der Waals surface area contributed by atoms with Gasteiger partial charge in [0.2, 0.25) is 0 Å². The third-order valence-electron chi connectivity index (χ3n) is 11.0. The maximum Gasteiger partial charge on any atom is 0.0708 e. The molecule has 0 radical (unpaired) electrons. The summed E-state index contributed by atoms with van der Waals surface area (Å²) < 4.78 is 4.81.